The number of aromatic nitrogens is 2. The van der Waals surface area contributed by atoms with Crippen LogP contribution in [0.25, 0.3) is 10.9 Å². The van der Waals surface area contributed by atoms with Crippen molar-refractivity contribution in [3.05, 3.63) is 64.1 Å². The number of aliphatic hydroxyl groups excluding tert-OH is 1. The second kappa shape index (κ2) is 7.14. The summed E-state index contributed by atoms with van der Waals surface area (Å²) in [4.78, 5) is 0. The Balaban J connectivity index is 1.75. The monoisotopic (exact) mass is 396 g/mol. The van der Waals surface area contributed by atoms with Gasteiger partial charge >= 0.3 is 0 Å². The van der Waals surface area contributed by atoms with Gasteiger partial charge in [-0.05, 0) is 49.1 Å². The Bertz CT molecular complexity index is 979. The third kappa shape index (κ3) is 3.31. The molecule has 2 heterocycles. The van der Waals surface area contributed by atoms with Crippen molar-refractivity contribution >= 4 is 22.5 Å². The van der Waals surface area contributed by atoms with Crippen molar-refractivity contribution in [3.63, 3.8) is 0 Å². The molecule has 2 aromatic carbocycles. The van der Waals surface area contributed by atoms with E-state index in [2.05, 4.69) is 5.10 Å². The summed E-state index contributed by atoms with van der Waals surface area (Å²) in [7, 11) is 0. The fraction of sp³-hybridized carbons (Fsp3) is 0.316. The van der Waals surface area contributed by atoms with Crippen molar-refractivity contribution < 1.29 is 23.0 Å². The summed E-state index contributed by atoms with van der Waals surface area (Å²) in [5.41, 5.74) is 0.0974. The highest BCUT2D eigenvalue weighted by Gasteiger charge is 2.24. The Morgan fingerprint density at radius 3 is 2.56 bits per heavy atom. The van der Waals surface area contributed by atoms with Gasteiger partial charge in [0.1, 0.15) is 17.7 Å². The standard InChI is InChI=1S/C19H16ClF3N2O2/c20-11-8-13(21)17(14(22)9-11)18(26)10-4-5-15-12(7-10)19(23)24-25(15)16-3-1-2-6-27-16/h4-5,7-9,16,18,26H,1-3,6H2. The van der Waals surface area contributed by atoms with E-state index >= 15 is 0 Å². The fourth-order valence-electron chi connectivity index (χ4n) is 3.41. The highest BCUT2D eigenvalue weighted by atomic mass is 35.5. The van der Waals surface area contributed by atoms with Crippen molar-refractivity contribution in [1.82, 2.24) is 9.78 Å². The molecule has 4 nitrogen and oxygen atoms in total. The maximum absolute atomic E-state index is 14.4. The van der Waals surface area contributed by atoms with Gasteiger partial charge in [0, 0.05) is 11.6 Å². The minimum Gasteiger partial charge on any atom is -0.383 e. The molecule has 27 heavy (non-hydrogen) atoms. The lowest BCUT2D eigenvalue weighted by molar-refractivity contribution is -0.0375. The number of hydrogen-bond donors (Lipinski definition) is 1. The first-order valence-electron chi connectivity index (χ1n) is 8.57. The van der Waals surface area contributed by atoms with Crippen LogP contribution < -0.4 is 0 Å². The van der Waals surface area contributed by atoms with Gasteiger partial charge in [0.05, 0.1) is 16.5 Å². The number of benzene rings is 2. The van der Waals surface area contributed by atoms with E-state index in [0.29, 0.717) is 12.1 Å². The number of halogens is 4. The Morgan fingerprint density at radius 2 is 1.89 bits per heavy atom. The molecule has 0 amide bonds. The van der Waals surface area contributed by atoms with Crippen LogP contribution in [-0.2, 0) is 4.74 Å². The molecule has 2 atom stereocenters. The van der Waals surface area contributed by atoms with Crippen molar-refractivity contribution in [2.75, 3.05) is 6.61 Å². The van der Waals surface area contributed by atoms with E-state index in [1.165, 1.54) is 16.8 Å². The van der Waals surface area contributed by atoms with Crippen LogP contribution in [0.1, 0.15) is 42.7 Å². The van der Waals surface area contributed by atoms with Gasteiger partial charge in [0.25, 0.3) is 0 Å². The van der Waals surface area contributed by atoms with Gasteiger partial charge < -0.3 is 9.84 Å². The molecule has 2 unspecified atom stereocenters. The lowest BCUT2D eigenvalue weighted by atomic mass is 9.99. The normalized spacial score (nSPS) is 18.8. The molecular formula is C19H16ClF3N2O2. The molecule has 8 heteroatoms. The molecule has 0 bridgehead atoms. The third-order valence-corrected chi connectivity index (χ3v) is 4.96. The van der Waals surface area contributed by atoms with Crippen molar-refractivity contribution in [3.8, 4) is 0 Å². The van der Waals surface area contributed by atoms with Crippen LogP contribution in [0.15, 0.2) is 30.3 Å². The first-order chi connectivity index (χ1) is 13.0. The zero-order chi connectivity index (χ0) is 19.1. The van der Waals surface area contributed by atoms with E-state index in [1.54, 1.807) is 6.07 Å². The Labute approximate surface area is 158 Å². The molecule has 1 aliphatic heterocycles. The SMILES string of the molecule is OC(c1ccc2c(c1)c(F)nn2C1CCCCO1)c1c(F)cc(Cl)cc1F. The quantitative estimate of drug-likeness (QED) is 0.685. The smallest absolute Gasteiger partial charge is 0.240 e. The van der Waals surface area contributed by atoms with E-state index in [0.717, 1.165) is 31.4 Å². The summed E-state index contributed by atoms with van der Waals surface area (Å²) in [5.74, 6) is -2.68. The molecule has 142 valence electrons. The molecular weight excluding hydrogens is 381 g/mol. The summed E-state index contributed by atoms with van der Waals surface area (Å²) in [5, 5.41) is 14.4. The summed E-state index contributed by atoms with van der Waals surface area (Å²) < 4.78 is 49.7. The first kappa shape index (κ1) is 18.3. The molecule has 1 aromatic heterocycles. The van der Waals surface area contributed by atoms with Crippen LogP contribution in [0, 0.1) is 17.6 Å². The number of fused-ring (bicyclic) bond motifs is 1. The van der Waals surface area contributed by atoms with Crippen LogP contribution in [0.5, 0.6) is 0 Å². The average Bonchev–Trinajstić information content (AvgIpc) is 2.98. The minimum atomic E-state index is -1.61. The van der Waals surface area contributed by atoms with Crippen LogP contribution >= 0.6 is 11.6 Å². The second-order valence-electron chi connectivity index (χ2n) is 6.52. The molecule has 1 N–H and O–H groups in total. The van der Waals surface area contributed by atoms with Gasteiger partial charge in [-0.3, -0.25) is 0 Å². The lowest BCUT2D eigenvalue weighted by Gasteiger charge is -2.23. The molecule has 0 saturated carbocycles. The lowest BCUT2D eigenvalue weighted by Crippen LogP contribution is -2.19. The number of rotatable bonds is 3. The predicted molar refractivity (Wildman–Crippen MR) is 94.0 cm³/mol. The maximum Gasteiger partial charge on any atom is 0.240 e. The summed E-state index contributed by atoms with van der Waals surface area (Å²) in [6.07, 6.45) is 0.668. The number of nitrogens with zero attached hydrogens (tertiary/aromatic N) is 2. The minimum absolute atomic E-state index is 0.115. The van der Waals surface area contributed by atoms with E-state index < -0.39 is 29.2 Å². The van der Waals surface area contributed by atoms with E-state index in [-0.39, 0.29) is 22.2 Å². The number of hydrogen-bond acceptors (Lipinski definition) is 3. The third-order valence-electron chi connectivity index (χ3n) is 4.75. The van der Waals surface area contributed by atoms with Crippen molar-refractivity contribution in [2.24, 2.45) is 0 Å². The zero-order valence-corrected chi connectivity index (χ0v) is 14.9. The molecule has 0 spiro atoms. The Hall–Kier alpha value is -2.09. The summed E-state index contributed by atoms with van der Waals surface area (Å²) in [6.45, 7) is 0.583. The molecule has 0 aliphatic carbocycles. The van der Waals surface area contributed by atoms with E-state index in [1.807, 2.05) is 0 Å². The summed E-state index contributed by atoms with van der Waals surface area (Å²) >= 11 is 5.61. The Morgan fingerprint density at radius 1 is 1.15 bits per heavy atom. The maximum atomic E-state index is 14.4. The van der Waals surface area contributed by atoms with Gasteiger partial charge in [-0.1, -0.05) is 17.7 Å². The summed E-state index contributed by atoms with van der Waals surface area (Å²) in [6, 6.07) is 6.23. The molecule has 1 saturated heterocycles. The average molecular weight is 397 g/mol. The van der Waals surface area contributed by atoms with Gasteiger partial charge in [-0.15, -0.1) is 5.10 Å². The predicted octanol–water partition coefficient (Wildman–Crippen LogP) is 4.89. The topological polar surface area (TPSA) is 47.3 Å². The second-order valence-corrected chi connectivity index (χ2v) is 6.96. The molecule has 1 fully saturated rings. The zero-order valence-electron chi connectivity index (χ0n) is 14.1. The van der Waals surface area contributed by atoms with E-state index in [4.69, 9.17) is 16.3 Å². The molecule has 0 radical (unpaired) electrons. The highest BCUT2D eigenvalue weighted by molar-refractivity contribution is 6.30. The van der Waals surface area contributed by atoms with Gasteiger partial charge in [0.2, 0.25) is 5.95 Å². The van der Waals surface area contributed by atoms with Gasteiger partial charge in [-0.25, -0.2) is 13.5 Å². The first-order valence-corrected chi connectivity index (χ1v) is 8.95. The van der Waals surface area contributed by atoms with Crippen molar-refractivity contribution in [2.45, 2.75) is 31.6 Å². The number of ether oxygens (including phenoxy) is 1. The number of aliphatic hydroxyl groups is 1. The van der Waals surface area contributed by atoms with Crippen molar-refractivity contribution in [1.29, 1.82) is 0 Å². The van der Waals surface area contributed by atoms with Crippen LogP contribution in [-0.4, -0.2) is 21.5 Å². The van der Waals surface area contributed by atoms with E-state index in [9.17, 15) is 18.3 Å². The van der Waals surface area contributed by atoms with Gasteiger partial charge in [-0.2, -0.15) is 4.39 Å². The molecule has 3 aromatic rings. The molecule has 1 aliphatic rings. The van der Waals surface area contributed by atoms with Crippen LogP contribution in [0.2, 0.25) is 5.02 Å². The fourth-order valence-corrected chi connectivity index (χ4v) is 3.60. The molecule has 4 rings (SSSR count). The van der Waals surface area contributed by atoms with Crippen LogP contribution in [0.3, 0.4) is 0 Å². The van der Waals surface area contributed by atoms with Crippen LogP contribution in [0.4, 0.5) is 13.2 Å². The highest BCUT2D eigenvalue weighted by Crippen LogP contribution is 2.33. The largest absolute Gasteiger partial charge is 0.383 e. The van der Waals surface area contributed by atoms with Gasteiger partial charge in [0.15, 0.2) is 6.23 Å². The Kier molecular flexibility index (Phi) is 4.84.